The Kier molecular flexibility index (Phi) is 3.99. The molecule has 0 aliphatic carbocycles. The molecule has 0 saturated heterocycles. The highest BCUT2D eigenvalue weighted by Gasteiger charge is 2.29. The van der Waals surface area contributed by atoms with Crippen LogP contribution in [0.15, 0.2) is 36.9 Å². The summed E-state index contributed by atoms with van der Waals surface area (Å²) in [7, 11) is 0. The van der Waals surface area contributed by atoms with Gasteiger partial charge in [-0.15, -0.1) is 6.58 Å². The second-order valence-corrected chi connectivity index (χ2v) is 3.64. The number of hydrogen-bond acceptors (Lipinski definition) is 1. The molecule has 0 aromatic heterocycles. The fourth-order valence-electron chi connectivity index (χ4n) is 1.35. The molecule has 0 radical (unpaired) electrons. The van der Waals surface area contributed by atoms with Gasteiger partial charge in [-0.05, 0) is 37.6 Å². The second kappa shape index (κ2) is 5.05. The summed E-state index contributed by atoms with van der Waals surface area (Å²) in [4.78, 5) is 0. The first-order valence-electron chi connectivity index (χ1n) is 4.98. The average molecular weight is 229 g/mol. The van der Waals surface area contributed by atoms with Gasteiger partial charge in [0.1, 0.15) is 0 Å². The molecule has 1 atom stereocenters. The maximum atomic E-state index is 12.3. The van der Waals surface area contributed by atoms with E-state index in [-0.39, 0.29) is 6.04 Å². The van der Waals surface area contributed by atoms with Crippen LogP contribution in [0.5, 0.6) is 0 Å². The van der Waals surface area contributed by atoms with Gasteiger partial charge in [-0.25, -0.2) is 0 Å². The summed E-state index contributed by atoms with van der Waals surface area (Å²) in [6, 6.07) is 5.17. The molecular weight excluding hydrogens is 215 g/mol. The van der Waals surface area contributed by atoms with Gasteiger partial charge in [0.05, 0.1) is 5.56 Å². The van der Waals surface area contributed by atoms with E-state index in [1.807, 2.05) is 6.92 Å². The smallest absolute Gasteiger partial charge is 0.382 e. The van der Waals surface area contributed by atoms with E-state index >= 15 is 0 Å². The van der Waals surface area contributed by atoms with Crippen LogP contribution in [0.3, 0.4) is 0 Å². The lowest BCUT2D eigenvalue weighted by molar-refractivity contribution is -0.137. The lowest BCUT2D eigenvalue weighted by Gasteiger charge is -2.14. The molecule has 0 amide bonds. The average Bonchev–Trinajstić information content (AvgIpc) is 2.17. The quantitative estimate of drug-likeness (QED) is 0.767. The molecule has 88 valence electrons. The molecule has 16 heavy (non-hydrogen) atoms. The summed E-state index contributed by atoms with van der Waals surface area (Å²) in [5, 5.41) is 3.08. The molecule has 1 aromatic carbocycles. The molecule has 0 aliphatic rings. The predicted molar refractivity (Wildman–Crippen MR) is 59.3 cm³/mol. The molecule has 0 fully saturated rings. The van der Waals surface area contributed by atoms with E-state index in [1.54, 1.807) is 6.08 Å². The Labute approximate surface area is 93.0 Å². The van der Waals surface area contributed by atoms with Gasteiger partial charge in [0.15, 0.2) is 0 Å². The lowest BCUT2D eigenvalue weighted by atomic mass is 10.1. The van der Waals surface area contributed by atoms with Crippen LogP contribution >= 0.6 is 0 Å². The number of hydrogen-bond donors (Lipinski definition) is 1. The Hall–Kier alpha value is -1.45. The summed E-state index contributed by atoms with van der Waals surface area (Å²) in [6.07, 6.45) is -1.74. The van der Waals surface area contributed by atoms with Crippen LogP contribution in [0, 0.1) is 0 Å². The zero-order chi connectivity index (χ0) is 12.2. The van der Waals surface area contributed by atoms with Gasteiger partial charge in [-0.1, -0.05) is 6.08 Å². The van der Waals surface area contributed by atoms with Gasteiger partial charge in [0, 0.05) is 11.7 Å². The van der Waals surface area contributed by atoms with Crippen LogP contribution in [0.2, 0.25) is 0 Å². The van der Waals surface area contributed by atoms with E-state index < -0.39 is 11.7 Å². The molecule has 4 heteroatoms. The van der Waals surface area contributed by atoms with Gasteiger partial charge in [0.25, 0.3) is 0 Å². The molecule has 1 N–H and O–H groups in total. The van der Waals surface area contributed by atoms with E-state index in [9.17, 15) is 13.2 Å². The molecule has 0 heterocycles. The minimum Gasteiger partial charge on any atom is -0.382 e. The van der Waals surface area contributed by atoms with Crippen molar-refractivity contribution in [3.63, 3.8) is 0 Å². The Morgan fingerprint density at radius 1 is 1.31 bits per heavy atom. The number of rotatable bonds is 4. The minimum absolute atomic E-state index is 0.161. The zero-order valence-corrected chi connectivity index (χ0v) is 9.01. The van der Waals surface area contributed by atoms with Crippen molar-refractivity contribution >= 4 is 5.69 Å². The largest absolute Gasteiger partial charge is 0.416 e. The standard InChI is InChI=1S/C12H14F3N/c1-3-4-9(2)16-11-7-5-10(6-8-11)12(13,14)15/h3,5-9,16H,1,4H2,2H3. The van der Waals surface area contributed by atoms with Gasteiger partial charge >= 0.3 is 6.18 Å². The Balaban J connectivity index is 2.68. The number of nitrogens with one attached hydrogen (secondary N) is 1. The molecule has 0 bridgehead atoms. The van der Waals surface area contributed by atoms with Crippen LogP contribution in [0.4, 0.5) is 18.9 Å². The van der Waals surface area contributed by atoms with Gasteiger partial charge < -0.3 is 5.32 Å². The second-order valence-electron chi connectivity index (χ2n) is 3.64. The minimum atomic E-state index is -4.27. The third-order valence-electron chi connectivity index (χ3n) is 2.15. The third kappa shape index (κ3) is 3.61. The molecule has 0 aliphatic heterocycles. The number of halogens is 3. The molecule has 1 rings (SSSR count). The van der Waals surface area contributed by atoms with E-state index in [2.05, 4.69) is 11.9 Å². The highest BCUT2D eigenvalue weighted by Crippen LogP contribution is 2.29. The van der Waals surface area contributed by atoms with Crippen molar-refractivity contribution in [3.8, 4) is 0 Å². The van der Waals surface area contributed by atoms with Crippen molar-refractivity contribution in [1.82, 2.24) is 0 Å². The van der Waals surface area contributed by atoms with E-state index in [4.69, 9.17) is 0 Å². The lowest BCUT2D eigenvalue weighted by Crippen LogP contribution is -2.14. The van der Waals surface area contributed by atoms with E-state index in [0.29, 0.717) is 5.69 Å². The van der Waals surface area contributed by atoms with Crippen LogP contribution in [-0.4, -0.2) is 6.04 Å². The highest BCUT2D eigenvalue weighted by molar-refractivity contribution is 5.45. The third-order valence-corrected chi connectivity index (χ3v) is 2.15. The normalized spacial score (nSPS) is 13.2. The highest BCUT2D eigenvalue weighted by atomic mass is 19.4. The molecule has 1 aromatic rings. The monoisotopic (exact) mass is 229 g/mol. The summed E-state index contributed by atoms with van der Waals surface area (Å²) >= 11 is 0. The Bertz CT molecular complexity index is 340. The molecule has 1 unspecified atom stereocenters. The maximum absolute atomic E-state index is 12.3. The number of benzene rings is 1. The summed E-state index contributed by atoms with van der Waals surface area (Å²) < 4.78 is 36.8. The number of alkyl halides is 3. The van der Waals surface area contributed by atoms with E-state index in [0.717, 1.165) is 18.6 Å². The van der Waals surface area contributed by atoms with Gasteiger partial charge in [-0.2, -0.15) is 13.2 Å². The molecule has 0 spiro atoms. The zero-order valence-electron chi connectivity index (χ0n) is 9.01. The first-order valence-corrected chi connectivity index (χ1v) is 4.98. The SMILES string of the molecule is C=CCC(C)Nc1ccc(C(F)(F)F)cc1. The van der Waals surface area contributed by atoms with Crippen molar-refractivity contribution in [1.29, 1.82) is 0 Å². The van der Waals surface area contributed by atoms with Crippen molar-refractivity contribution < 1.29 is 13.2 Å². The van der Waals surface area contributed by atoms with Crippen LogP contribution < -0.4 is 5.32 Å². The van der Waals surface area contributed by atoms with E-state index in [1.165, 1.54) is 12.1 Å². The van der Waals surface area contributed by atoms with Crippen molar-refractivity contribution in [3.05, 3.63) is 42.5 Å². The molecule has 1 nitrogen and oxygen atoms in total. The molecule has 0 saturated carbocycles. The fraction of sp³-hybridized carbons (Fsp3) is 0.333. The van der Waals surface area contributed by atoms with Crippen LogP contribution in [-0.2, 0) is 6.18 Å². The topological polar surface area (TPSA) is 12.0 Å². The fourth-order valence-corrected chi connectivity index (χ4v) is 1.35. The Morgan fingerprint density at radius 2 is 1.88 bits per heavy atom. The summed E-state index contributed by atoms with van der Waals surface area (Å²) in [6.45, 7) is 5.54. The number of anilines is 1. The first kappa shape index (κ1) is 12.6. The predicted octanol–water partition coefficient (Wildman–Crippen LogP) is 4.08. The van der Waals surface area contributed by atoms with Gasteiger partial charge in [-0.3, -0.25) is 0 Å². The molecular formula is C12H14F3N. The maximum Gasteiger partial charge on any atom is 0.416 e. The summed E-state index contributed by atoms with van der Waals surface area (Å²) in [5.41, 5.74) is 0.0526. The van der Waals surface area contributed by atoms with Crippen LogP contribution in [0.25, 0.3) is 0 Å². The van der Waals surface area contributed by atoms with Crippen molar-refractivity contribution in [2.45, 2.75) is 25.6 Å². The Morgan fingerprint density at radius 3 is 2.31 bits per heavy atom. The van der Waals surface area contributed by atoms with Crippen molar-refractivity contribution in [2.75, 3.05) is 5.32 Å². The van der Waals surface area contributed by atoms with Crippen LogP contribution in [0.1, 0.15) is 18.9 Å². The summed E-state index contributed by atoms with van der Waals surface area (Å²) in [5.74, 6) is 0. The van der Waals surface area contributed by atoms with Gasteiger partial charge in [0.2, 0.25) is 0 Å². The van der Waals surface area contributed by atoms with Crippen molar-refractivity contribution in [2.24, 2.45) is 0 Å². The first-order chi connectivity index (χ1) is 7.43.